The molecule has 1 amide bonds. The molecule has 0 fully saturated rings. The summed E-state index contributed by atoms with van der Waals surface area (Å²) in [5, 5.41) is 6.46. The maximum absolute atomic E-state index is 13.2. The summed E-state index contributed by atoms with van der Waals surface area (Å²) in [4.78, 5) is 12.0. The second-order valence-electron chi connectivity index (χ2n) is 4.04. The highest BCUT2D eigenvalue weighted by Gasteiger charge is 2.15. The average molecular weight is 248 g/mol. The molecule has 94 valence electrons. The van der Waals surface area contributed by atoms with E-state index in [9.17, 15) is 9.18 Å². The van der Waals surface area contributed by atoms with E-state index in [-0.39, 0.29) is 11.4 Å². The van der Waals surface area contributed by atoms with E-state index in [0.717, 1.165) is 5.56 Å². The van der Waals surface area contributed by atoms with Gasteiger partial charge in [-0.25, -0.2) is 4.39 Å². The third kappa shape index (κ3) is 2.32. The van der Waals surface area contributed by atoms with Crippen molar-refractivity contribution in [3.8, 4) is 0 Å². The maximum Gasteiger partial charge on any atom is 0.276 e. The Morgan fingerprint density at radius 3 is 2.72 bits per heavy atom. The first kappa shape index (κ1) is 12.1. The van der Waals surface area contributed by atoms with Crippen molar-refractivity contribution in [1.82, 2.24) is 9.78 Å². The van der Waals surface area contributed by atoms with Gasteiger partial charge in [-0.05, 0) is 30.7 Å². The summed E-state index contributed by atoms with van der Waals surface area (Å²) < 4.78 is 14.6. The minimum absolute atomic E-state index is 0.247. The molecule has 0 aliphatic heterocycles. The number of aryl methyl sites for hydroxylation is 2. The van der Waals surface area contributed by atoms with Gasteiger partial charge in [-0.3, -0.25) is 9.48 Å². The van der Waals surface area contributed by atoms with E-state index in [4.69, 9.17) is 5.73 Å². The van der Waals surface area contributed by atoms with Crippen LogP contribution in [0.3, 0.4) is 0 Å². The van der Waals surface area contributed by atoms with Crippen LogP contribution in [0.4, 0.5) is 15.8 Å². The average Bonchev–Trinajstić information content (AvgIpc) is 2.56. The number of benzene rings is 1. The predicted molar refractivity (Wildman–Crippen MR) is 66.7 cm³/mol. The number of aromatic nitrogens is 2. The molecule has 0 radical (unpaired) electrons. The van der Waals surface area contributed by atoms with Crippen molar-refractivity contribution in [3.05, 3.63) is 41.5 Å². The van der Waals surface area contributed by atoms with Gasteiger partial charge in [0.1, 0.15) is 11.5 Å². The molecule has 2 aromatic rings. The standard InChI is InChI=1S/C12H13FN4O/c1-7-3-8(13)5-9(4-7)16-12(18)11-10(14)6-15-17(11)2/h3-6H,14H2,1-2H3,(H,16,18). The molecule has 1 aromatic carbocycles. The lowest BCUT2D eigenvalue weighted by molar-refractivity contribution is 0.101. The first-order valence-corrected chi connectivity index (χ1v) is 5.33. The molecule has 0 atom stereocenters. The third-order valence-corrected chi connectivity index (χ3v) is 2.48. The smallest absolute Gasteiger partial charge is 0.276 e. The van der Waals surface area contributed by atoms with Crippen molar-refractivity contribution in [2.24, 2.45) is 7.05 Å². The summed E-state index contributed by atoms with van der Waals surface area (Å²) in [7, 11) is 1.61. The zero-order valence-corrected chi connectivity index (χ0v) is 10.1. The van der Waals surface area contributed by atoms with E-state index < -0.39 is 11.7 Å². The van der Waals surface area contributed by atoms with Crippen LogP contribution in [0.5, 0.6) is 0 Å². The van der Waals surface area contributed by atoms with Crippen LogP contribution in [0, 0.1) is 12.7 Å². The lowest BCUT2D eigenvalue weighted by atomic mass is 10.2. The Hall–Kier alpha value is -2.37. The van der Waals surface area contributed by atoms with E-state index in [0.29, 0.717) is 5.69 Å². The van der Waals surface area contributed by atoms with Crippen LogP contribution >= 0.6 is 0 Å². The minimum atomic E-state index is -0.419. The van der Waals surface area contributed by atoms with Crippen LogP contribution in [0.25, 0.3) is 0 Å². The molecule has 0 unspecified atom stereocenters. The number of nitrogens with zero attached hydrogens (tertiary/aromatic N) is 2. The van der Waals surface area contributed by atoms with Gasteiger partial charge in [0.05, 0.1) is 11.9 Å². The number of anilines is 2. The topological polar surface area (TPSA) is 72.9 Å². The van der Waals surface area contributed by atoms with E-state index >= 15 is 0 Å². The quantitative estimate of drug-likeness (QED) is 0.849. The Bertz CT molecular complexity index is 566. The molecule has 6 heteroatoms. The van der Waals surface area contributed by atoms with Crippen LogP contribution in [0.2, 0.25) is 0 Å². The zero-order valence-electron chi connectivity index (χ0n) is 10.1. The number of halogens is 1. The molecular weight excluding hydrogens is 235 g/mol. The number of hydrogen-bond acceptors (Lipinski definition) is 3. The summed E-state index contributed by atoms with van der Waals surface area (Å²) in [6, 6.07) is 4.30. The van der Waals surface area contributed by atoms with Crippen molar-refractivity contribution in [3.63, 3.8) is 0 Å². The van der Waals surface area contributed by atoms with Crippen LogP contribution in [-0.2, 0) is 7.05 Å². The Morgan fingerprint density at radius 1 is 1.44 bits per heavy atom. The molecule has 18 heavy (non-hydrogen) atoms. The highest BCUT2D eigenvalue weighted by molar-refractivity contribution is 6.06. The molecule has 1 aromatic heterocycles. The fourth-order valence-corrected chi connectivity index (χ4v) is 1.73. The summed E-state index contributed by atoms with van der Waals surface area (Å²) in [5.41, 5.74) is 7.28. The van der Waals surface area contributed by atoms with Gasteiger partial charge in [0.15, 0.2) is 0 Å². The van der Waals surface area contributed by atoms with Crippen molar-refractivity contribution in [1.29, 1.82) is 0 Å². The Balaban J connectivity index is 2.27. The van der Waals surface area contributed by atoms with Gasteiger partial charge in [-0.15, -0.1) is 0 Å². The van der Waals surface area contributed by atoms with E-state index in [1.807, 2.05) is 0 Å². The zero-order chi connectivity index (χ0) is 13.3. The monoisotopic (exact) mass is 248 g/mol. The van der Waals surface area contributed by atoms with Crippen LogP contribution in [0.15, 0.2) is 24.4 Å². The fraction of sp³-hybridized carbons (Fsp3) is 0.167. The SMILES string of the molecule is Cc1cc(F)cc(NC(=O)c2c(N)cnn2C)c1. The second-order valence-corrected chi connectivity index (χ2v) is 4.04. The molecule has 0 saturated carbocycles. The summed E-state index contributed by atoms with van der Waals surface area (Å²) in [6.07, 6.45) is 1.39. The highest BCUT2D eigenvalue weighted by Crippen LogP contribution is 2.16. The van der Waals surface area contributed by atoms with Gasteiger partial charge in [0.25, 0.3) is 5.91 Å². The first-order valence-electron chi connectivity index (χ1n) is 5.33. The van der Waals surface area contributed by atoms with Gasteiger partial charge in [-0.2, -0.15) is 5.10 Å². The van der Waals surface area contributed by atoms with Gasteiger partial charge >= 0.3 is 0 Å². The summed E-state index contributed by atoms with van der Waals surface area (Å²) >= 11 is 0. The molecule has 3 N–H and O–H groups in total. The van der Waals surface area contributed by atoms with Crippen molar-refractivity contribution in [2.75, 3.05) is 11.1 Å². The number of nitrogens with two attached hydrogens (primary N) is 1. The van der Waals surface area contributed by atoms with Gasteiger partial charge in [-0.1, -0.05) is 0 Å². The first-order chi connectivity index (χ1) is 8.47. The Labute approximate surface area is 103 Å². The molecule has 0 aliphatic rings. The number of hydrogen-bond donors (Lipinski definition) is 2. The normalized spacial score (nSPS) is 10.4. The van der Waals surface area contributed by atoms with E-state index in [2.05, 4.69) is 10.4 Å². The van der Waals surface area contributed by atoms with Crippen LogP contribution in [0.1, 0.15) is 16.1 Å². The highest BCUT2D eigenvalue weighted by atomic mass is 19.1. The van der Waals surface area contributed by atoms with Gasteiger partial charge in [0, 0.05) is 12.7 Å². The second kappa shape index (κ2) is 4.48. The number of nitrogens with one attached hydrogen (secondary N) is 1. The van der Waals surface area contributed by atoms with E-state index in [1.54, 1.807) is 20.0 Å². The van der Waals surface area contributed by atoms with Crippen molar-refractivity contribution in [2.45, 2.75) is 6.92 Å². The molecular formula is C12H13FN4O. The number of rotatable bonds is 2. The van der Waals surface area contributed by atoms with Crippen LogP contribution < -0.4 is 11.1 Å². The molecule has 5 nitrogen and oxygen atoms in total. The number of carbonyl (C=O) groups excluding carboxylic acids is 1. The summed E-state index contributed by atoms with van der Waals surface area (Å²) in [5.74, 6) is -0.819. The van der Waals surface area contributed by atoms with Crippen molar-refractivity contribution >= 4 is 17.3 Å². The number of amides is 1. The Morgan fingerprint density at radius 2 is 2.17 bits per heavy atom. The molecule has 0 bridgehead atoms. The lowest BCUT2D eigenvalue weighted by Gasteiger charge is -2.07. The molecule has 0 aliphatic carbocycles. The lowest BCUT2D eigenvalue weighted by Crippen LogP contribution is -2.17. The molecule has 0 saturated heterocycles. The third-order valence-electron chi connectivity index (χ3n) is 2.48. The van der Waals surface area contributed by atoms with Gasteiger partial charge < -0.3 is 11.1 Å². The summed E-state index contributed by atoms with van der Waals surface area (Å²) in [6.45, 7) is 1.75. The van der Waals surface area contributed by atoms with Crippen molar-refractivity contribution < 1.29 is 9.18 Å². The molecule has 0 spiro atoms. The largest absolute Gasteiger partial charge is 0.396 e. The number of carbonyl (C=O) groups is 1. The predicted octanol–water partition coefficient (Wildman–Crippen LogP) is 1.70. The number of nitrogen functional groups attached to an aromatic ring is 1. The Kier molecular flexibility index (Phi) is 3.01. The fourth-order valence-electron chi connectivity index (χ4n) is 1.73. The molecule has 2 rings (SSSR count). The van der Waals surface area contributed by atoms with Gasteiger partial charge in [0.2, 0.25) is 0 Å². The molecule has 1 heterocycles. The van der Waals surface area contributed by atoms with Crippen LogP contribution in [-0.4, -0.2) is 15.7 Å². The van der Waals surface area contributed by atoms with E-state index in [1.165, 1.54) is 23.0 Å². The maximum atomic E-state index is 13.2. The minimum Gasteiger partial charge on any atom is -0.396 e.